The minimum Gasteiger partial charge on any atom is -0.322 e. The summed E-state index contributed by atoms with van der Waals surface area (Å²) in [6, 6.07) is 13.8. The highest BCUT2D eigenvalue weighted by molar-refractivity contribution is 6.04. The second-order valence-corrected chi connectivity index (χ2v) is 5.33. The fourth-order valence-electron chi connectivity index (χ4n) is 2.33. The van der Waals surface area contributed by atoms with E-state index in [1.54, 1.807) is 25.1 Å². The molecule has 1 aromatic heterocycles. The van der Waals surface area contributed by atoms with Gasteiger partial charge < -0.3 is 5.32 Å². The molecule has 3 aromatic rings. The average Bonchev–Trinajstić information content (AvgIpc) is 2.92. The van der Waals surface area contributed by atoms with Crippen LogP contribution >= 0.6 is 0 Å². The van der Waals surface area contributed by atoms with Gasteiger partial charge >= 0.3 is 0 Å². The van der Waals surface area contributed by atoms with Crippen molar-refractivity contribution in [2.75, 3.05) is 5.32 Å². The third-order valence-corrected chi connectivity index (χ3v) is 3.64. The van der Waals surface area contributed by atoms with E-state index in [1.165, 1.54) is 16.9 Å². The summed E-state index contributed by atoms with van der Waals surface area (Å²) in [6.45, 7) is 3.72. The number of nitrogens with zero attached hydrogens (tertiary/aromatic N) is 2. The van der Waals surface area contributed by atoms with Crippen molar-refractivity contribution >= 4 is 11.6 Å². The zero-order valence-corrected chi connectivity index (χ0v) is 12.9. The molecule has 2 aromatic carbocycles. The van der Waals surface area contributed by atoms with Crippen molar-refractivity contribution in [3.8, 4) is 5.69 Å². The number of carbonyl (C=O) groups is 1. The third-order valence-electron chi connectivity index (χ3n) is 3.64. The number of halogens is 1. The van der Waals surface area contributed by atoms with Crippen LogP contribution in [0.25, 0.3) is 5.69 Å². The largest absolute Gasteiger partial charge is 0.322 e. The fraction of sp³-hybridized carbons (Fsp3) is 0.111. The molecule has 0 radical (unpaired) electrons. The number of hydrogen-bond acceptors (Lipinski definition) is 2. The average molecular weight is 309 g/mol. The minimum absolute atomic E-state index is 0.269. The maximum absolute atomic E-state index is 13.9. The van der Waals surface area contributed by atoms with Gasteiger partial charge in [-0.2, -0.15) is 5.10 Å². The second kappa shape index (κ2) is 6.04. The molecule has 0 saturated heterocycles. The molecule has 0 fully saturated rings. The quantitative estimate of drug-likeness (QED) is 0.798. The standard InChI is InChI=1S/C18H16FN3O/c1-12-7-9-14(10-8-12)21-18(23)15-11-20-22(13(15)2)17-6-4-3-5-16(17)19/h3-11H,1-2H3,(H,21,23). The van der Waals surface area contributed by atoms with Crippen molar-refractivity contribution in [1.82, 2.24) is 9.78 Å². The molecule has 0 aliphatic heterocycles. The lowest BCUT2D eigenvalue weighted by Gasteiger charge is -2.07. The number of carbonyl (C=O) groups excluding carboxylic acids is 1. The minimum atomic E-state index is -0.385. The van der Waals surface area contributed by atoms with Gasteiger partial charge in [0, 0.05) is 5.69 Å². The van der Waals surface area contributed by atoms with Gasteiger partial charge in [-0.1, -0.05) is 29.8 Å². The Morgan fingerprint density at radius 2 is 1.78 bits per heavy atom. The maximum Gasteiger partial charge on any atom is 0.259 e. The van der Waals surface area contributed by atoms with Crippen LogP contribution in [0.2, 0.25) is 0 Å². The lowest BCUT2D eigenvalue weighted by atomic mass is 10.2. The third kappa shape index (κ3) is 2.99. The highest BCUT2D eigenvalue weighted by Gasteiger charge is 2.16. The van der Waals surface area contributed by atoms with Crippen LogP contribution in [0.5, 0.6) is 0 Å². The molecule has 0 aliphatic carbocycles. The number of anilines is 1. The summed E-state index contributed by atoms with van der Waals surface area (Å²) < 4.78 is 15.3. The Labute approximate surface area is 133 Å². The topological polar surface area (TPSA) is 46.9 Å². The van der Waals surface area contributed by atoms with Gasteiger partial charge in [0.1, 0.15) is 11.5 Å². The highest BCUT2D eigenvalue weighted by Crippen LogP contribution is 2.18. The van der Waals surface area contributed by atoms with Crippen LogP contribution < -0.4 is 5.32 Å². The van der Waals surface area contributed by atoms with Crippen LogP contribution in [0.15, 0.2) is 54.7 Å². The molecule has 1 N–H and O–H groups in total. The molecule has 23 heavy (non-hydrogen) atoms. The summed E-state index contributed by atoms with van der Waals surface area (Å²) in [7, 11) is 0. The molecule has 4 nitrogen and oxygen atoms in total. The lowest BCUT2D eigenvalue weighted by Crippen LogP contribution is -2.13. The summed E-state index contributed by atoms with van der Waals surface area (Å²) in [4.78, 5) is 12.4. The number of amides is 1. The molecule has 0 atom stereocenters. The van der Waals surface area contributed by atoms with Crippen LogP contribution in [0.1, 0.15) is 21.6 Å². The molecule has 0 spiro atoms. The summed E-state index contributed by atoms with van der Waals surface area (Å²) in [5.74, 6) is -0.655. The van der Waals surface area contributed by atoms with E-state index in [2.05, 4.69) is 10.4 Å². The number of aryl methyl sites for hydroxylation is 1. The van der Waals surface area contributed by atoms with Crippen molar-refractivity contribution in [1.29, 1.82) is 0 Å². The number of para-hydroxylation sites is 1. The molecule has 3 rings (SSSR count). The number of hydrogen-bond donors (Lipinski definition) is 1. The van der Waals surface area contributed by atoms with Crippen LogP contribution in [0, 0.1) is 19.7 Å². The van der Waals surface area contributed by atoms with Crippen LogP contribution in [0.4, 0.5) is 10.1 Å². The van der Waals surface area contributed by atoms with Crippen LogP contribution in [0.3, 0.4) is 0 Å². The molecule has 1 heterocycles. The van der Waals surface area contributed by atoms with Gasteiger partial charge in [-0.05, 0) is 38.1 Å². The first kappa shape index (κ1) is 15.0. The molecule has 1 amide bonds. The highest BCUT2D eigenvalue weighted by atomic mass is 19.1. The molecule has 0 aliphatic rings. The van der Waals surface area contributed by atoms with Crippen molar-refractivity contribution in [2.45, 2.75) is 13.8 Å². The van der Waals surface area contributed by atoms with Gasteiger partial charge in [0.05, 0.1) is 17.5 Å². The van der Waals surface area contributed by atoms with Gasteiger partial charge in [0.15, 0.2) is 0 Å². The van der Waals surface area contributed by atoms with Gasteiger partial charge in [-0.25, -0.2) is 9.07 Å². The molecule has 5 heteroatoms. The Bertz CT molecular complexity index is 853. The second-order valence-electron chi connectivity index (χ2n) is 5.33. The Kier molecular flexibility index (Phi) is 3.93. The first-order chi connectivity index (χ1) is 11.1. The van der Waals surface area contributed by atoms with Gasteiger partial charge in [-0.15, -0.1) is 0 Å². The SMILES string of the molecule is Cc1ccc(NC(=O)c2cnn(-c3ccccc3F)c2C)cc1. The zero-order chi connectivity index (χ0) is 16.4. The summed E-state index contributed by atoms with van der Waals surface area (Å²) in [5.41, 5.74) is 3.14. The monoisotopic (exact) mass is 309 g/mol. The summed E-state index contributed by atoms with van der Waals surface area (Å²) in [5, 5.41) is 6.96. The normalized spacial score (nSPS) is 10.6. The Hall–Kier alpha value is -2.95. The Balaban J connectivity index is 1.88. The van der Waals surface area contributed by atoms with E-state index in [-0.39, 0.29) is 11.7 Å². The van der Waals surface area contributed by atoms with E-state index in [0.717, 1.165) is 5.56 Å². The molecule has 0 bridgehead atoms. The van der Waals surface area contributed by atoms with Gasteiger partial charge in [0.25, 0.3) is 5.91 Å². The zero-order valence-electron chi connectivity index (χ0n) is 12.9. The Morgan fingerprint density at radius 1 is 1.09 bits per heavy atom. The fourth-order valence-corrected chi connectivity index (χ4v) is 2.33. The van der Waals surface area contributed by atoms with Crippen molar-refractivity contribution in [3.63, 3.8) is 0 Å². The molecular formula is C18H16FN3O. The van der Waals surface area contributed by atoms with Crippen LogP contribution in [-0.2, 0) is 0 Å². The predicted octanol–water partition coefficient (Wildman–Crippen LogP) is 3.88. The van der Waals surface area contributed by atoms with Gasteiger partial charge in [0.2, 0.25) is 0 Å². The van der Waals surface area contributed by atoms with Crippen molar-refractivity contribution in [2.24, 2.45) is 0 Å². The number of benzene rings is 2. The summed E-state index contributed by atoms with van der Waals surface area (Å²) in [6.07, 6.45) is 1.45. The van der Waals surface area contributed by atoms with E-state index in [9.17, 15) is 9.18 Å². The molecule has 116 valence electrons. The van der Waals surface area contributed by atoms with E-state index in [4.69, 9.17) is 0 Å². The first-order valence-corrected chi connectivity index (χ1v) is 7.24. The molecule has 0 saturated carbocycles. The van der Waals surface area contributed by atoms with E-state index >= 15 is 0 Å². The Morgan fingerprint density at radius 3 is 2.48 bits per heavy atom. The van der Waals surface area contributed by atoms with Gasteiger partial charge in [-0.3, -0.25) is 4.79 Å². The molecular weight excluding hydrogens is 293 g/mol. The molecule has 0 unspecified atom stereocenters. The van der Waals surface area contributed by atoms with Crippen molar-refractivity contribution < 1.29 is 9.18 Å². The summed E-state index contributed by atoms with van der Waals surface area (Å²) >= 11 is 0. The predicted molar refractivity (Wildman–Crippen MR) is 87.4 cm³/mol. The van der Waals surface area contributed by atoms with E-state index < -0.39 is 0 Å². The van der Waals surface area contributed by atoms with E-state index in [1.807, 2.05) is 31.2 Å². The van der Waals surface area contributed by atoms with E-state index in [0.29, 0.717) is 22.6 Å². The number of rotatable bonds is 3. The smallest absolute Gasteiger partial charge is 0.259 e. The van der Waals surface area contributed by atoms with Crippen molar-refractivity contribution in [3.05, 3.63) is 77.4 Å². The van der Waals surface area contributed by atoms with Crippen LogP contribution in [-0.4, -0.2) is 15.7 Å². The number of aromatic nitrogens is 2. The number of nitrogens with one attached hydrogen (secondary N) is 1. The maximum atomic E-state index is 13.9. The first-order valence-electron chi connectivity index (χ1n) is 7.24. The lowest BCUT2D eigenvalue weighted by molar-refractivity contribution is 0.102.